The molecule has 0 saturated carbocycles. The maximum absolute atomic E-state index is 11.8. The van der Waals surface area contributed by atoms with Gasteiger partial charge in [-0.25, -0.2) is 0 Å². The lowest BCUT2D eigenvalue weighted by Gasteiger charge is -2.49. The number of hydrogen-bond donors (Lipinski definition) is 14. The lowest BCUT2D eigenvalue weighted by Crippen LogP contribution is -2.77. The predicted octanol–water partition coefficient (Wildman–Crippen LogP) is -5.62. The first kappa shape index (κ1) is 25.9. The average Bonchev–Trinajstić information content (AvgIpc) is 2.83. The largest absolute Gasteiger partial charge is 0.504 e. The minimum Gasteiger partial charge on any atom is -0.504 e. The van der Waals surface area contributed by atoms with Crippen LogP contribution >= 0.6 is 0 Å². The average molecular weight is 467 g/mol. The molecule has 0 radical (unpaired) electrons. The lowest BCUT2D eigenvalue weighted by atomic mass is 9.94. The van der Waals surface area contributed by atoms with E-state index in [1.807, 2.05) is 5.32 Å². The molecule has 1 unspecified atom stereocenters. The Kier molecular flexibility index (Phi) is 5.94. The number of aromatic hydroxyl groups is 3. The van der Waals surface area contributed by atoms with Crippen LogP contribution in [-0.2, 0) is 17.0 Å². The van der Waals surface area contributed by atoms with Crippen molar-refractivity contribution in [2.75, 3.05) is 11.9 Å². The standard InChI is InChI=1S/C16H25N3O13/c1-12(17,24)15(29,30)19(16(31,32)13(2,25)26)4-3-5-6-7(9(21)10(22)8(5)20)18-11(23)14(6,27)28/h20-22,24-32H,3-4,17H2,1-2H3,(H,18,23). The smallest absolute Gasteiger partial charge is 0.289 e. The van der Waals surface area contributed by atoms with Crippen molar-refractivity contribution in [2.24, 2.45) is 5.73 Å². The number of amides is 1. The van der Waals surface area contributed by atoms with Gasteiger partial charge in [-0.2, -0.15) is 4.90 Å². The van der Waals surface area contributed by atoms with Crippen LogP contribution in [0.25, 0.3) is 0 Å². The quantitative estimate of drug-likeness (QED) is 0.101. The molecule has 1 aliphatic rings. The number of phenols is 3. The summed E-state index contributed by atoms with van der Waals surface area (Å²) in [6.07, 6.45) is -0.933. The van der Waals surface area contributed by atoms with E-state index in [9.17, 15) is 66.1 Å². The van der Waals surface area contributed by atoms with Crippen molar-refractivity contribution in [3.05, 3.63) is 11.1 Å². The fourth-order valence-corrected chi connectivity index (χ4v) is 3.11. The van der Waals surface area contributed by atoms with E-state index >= 15 is 0 Å². The first-order valence-electron chi connectivity index (χ1n) is 8.79. The highest BCUT2D eigenvalue weighted by molar-refractivity contribution is 6.06. The first-order valence-corrected chi connectivity index (χ1v) is 8.79. The zero-order valence-electron chi connectivity index (χ0n) is 16.7. The minimum atomic E-state index is -3.96. The maximum Gasteiger partial charge on any atom is 0.289 e. The van der Waals surface area contributed by atoms with Crippen LogP contribution in [0, 0.1) is 0 Å². The van der Waals surface area contributed by atoms with Crippen LogP contribution in [0.5, 0.6) is 17.2 Å². The molecule has 1 heterocycles. The number of phenolic OH excluding ortho intramolecular Hbond substituents is 3. The SMILES string of the molecule is CC(N)(O)C(O)(O)N(CCc1c(O)c(O)c(O)c2c1C(O)(O)C(=O)N2)C(O)(O)C(C)(O)O. The third-order valence-corrected chi connectivity index (χ3v) is 5.08. The number of fused-ring (bicyclic) bond motifs is 1. The van der Waals surface area contributed by atoms with Crippen molar-refractivity contribution in [3.63, 3.8) is 0 Å². The minimum absolute atomic E-state index is 0.337. The van der Waals surface area contributed by atoms with E-state index in [-0.39, 0.29) is 4.90 Å². The number of benzene rings is 1. The molecule has 0 spiro atoms. The van der Waals surface area contributed by atoms with Gasteiger partial charge in [-0.1, -0.05) is 0 Å². The molecule has 1 atom stereocenters. The Morgan fingerprint density at radius 2 is 1.41 bits per heavy atom. The molecule has 32 heavy (non-hydrogen) atoms. The summed E-state index contributed by atoms with van der Waals surface area (Å²) >= 11 is 0. The zero-order valence-corrected chi connectivity index (χ0v) is 16.7. The summed E-state index contributed by atoms with van der Waals surface area (Å²) < 4.78 is 0. The summed E-state index contributed by atoms with van der Waals surface area (Å²) in [4.78, 5) is 11.5. The molecule has 16 heteroatoms. The van der Waals surface area contributed by atoms with Crippen molar-refractivity contribution in [1.29, 1.82) is 0 Å². The Balaban J connectivity index is 2.65. The Labute approximate surface area is 178 Å². The van der Waals surface area contributed by atoms with Crippen molar-refractivity contribution < 1.29 is 66.1 Å². The van der Waals surface area contributed by atoms with Gasteiger partial charge in [0.2, 0.25) is 11.5 Å². The van der Waals surface area contributed by atoms with Crippen LogP contribution < -0.4 is 11.1 Å². The third kappa shape index (κ3) is 3.72. The fourth-order valence-electron chi connectivity index (χ4n) is 3.11. The van der Waals surface area contributed by atoms with Gasteiger partial charge in [0, 0.05) is 12.1 Å². The van der Waals surface area contributed by atoms with E-state index in [0.717, 1.165) is 0 Å². The summed E-state index contributed by atoms with van der Waals surface area (Å²) in [7, 11) is 0. The number of rotatable bonds is 7. The molecule has 1 aliphatic heterocycles. The fraction of sp³-hybridized carbons (Fsp3) is 0.562. The monoisotopic (exact) mass is 467 g/mol. The summed E-state index contributed by atoms with van der Waals surface area (Å²) in [5.74, 6) is -19.7. The summed E-state index contributed by atoms with van der Waals surface area (Å²) in [5.41, 5.74) is -0.184. The molecule has 0 saturated heterocycles. The number of carbonyl (C=O) groups is 1. The van der Waals surface area contributed by atoms with Crippen LogP contribution in [0.2, 0.25) is 0 Å². The van der Waals surface area contributed by atoms with E-state index < -0.39 is 82.1 Å². The highest BCUT2D eigenvalue weighted by Gasteiger charge is 2.60. The third-order valence-electron chi connectivity index (χ3n) is 5.08. The van der Waals surface area contributed by atoms with Crippen molar-refractivity contribution in [1.82, 2.24) is 4.90 Å². The van der Waals surface area contributed by atoms with Gasteiger partial charge in [-0.3, -0.25) is 10.5 Å². The number of nitrogens with two attached hydrogens (primary N) is 1. The van der Waals surface area contributed by atoms with E-state index in [2.05, 4.69) is 0 Å². The van der Waals surface area contributed by atoms with E-state index in [1.165, 1.54) is 0 Å². The topological polar surface area (TPSA) is 301 Å². The summed E-state index contributed by atoms with van der Waals surface area (Å²) in [6, 6.07) is 0. The second-order valence-corrected chi connectivity index (χ2v) is 7.74. The van der Waals surface area contributed by atoms with E-state index in [0.29, 0.717) is 13.8 Å². The van der Waals surface area contributed by atoms with Gasteiger partial charge < -0.3 is 66.6 Å². The van der Waals surface area contributed by atoms with Gasteiger partial charge in [0.15, 0.2) is 17.2 Å². The van der Waals surface area contributed by atoms with Crippen molar-refractivity contribution in [2.45, 2.75) is 49.4 Å². The van der Waals surface area contributed by atoms with Crippen LogP contribution in [0.15, 0.2) is 0 Å². The number of anilines is 1. The van der Waals surface area contributed by atoms with Gasteiger partial charge in [0.1, 0.15) is 0 Å². The molecular weight excluding hydrogens is 442 g/mol. The second-order valence-electron chi connectivity index (χ2n) is 7.74. The highest BCUT2D eigenvalue weighted by Crippen LogP contribution is 2.52. The van der Waals surface area contributed by atoms with Crippen LogP contribution in [0.1, 0.15) is 25.0 Å². The molecule has 1 aromatic carbocycles. The molecule has 0 fully saturated rings. The number of carbonyl (C=O) groups excluding carboxylic acids is 1. The highest BCUT2D eigenvalue weighted by atomic mass is 16.6. The molecule has 16 nitrogen and oxygen atoms in total. The Bertz CT molecular complexity index is 905. The number of aliphatic hydroxyl groups is 9. The Hall–Kier alpha value is -2.35. The van der Waals surface area contributed by atoms with E-state index in [1.54, 1.807) is 0 Å². The lowest BCUT2D eigenvalue weighted by molar-refractivity contribution is -0.480. The van der Waals surface area contributed by atoms with Gasteiger partial charge in [0.05, 0.1) is 11.3 Å². The van der Waals surface area contributed by atoms with Gasteiger partial charge in [0.25, 0.3) is 23.5 Å². The molecule has 15 N–H and O–H groups in total. The summed E-state index contributed by atoms with van der Waals surface area (Å²) in [5, 5.41) is 122. The summed E-state index contributed by atoms with van der Waals surface area (Å²) in [6.45, 7) is -0.171. The number of nitrogens with zero attached hydrogens (tertiary/aromatic N) is 1. The molecule has 0 aliphatic carbocycles. The van der Waals surface area contributed by atoms with Gasteiger partial charge in [-0.05, 0) is 20.3 Å². The molecule has 2 rings (SSSR count). The maximum atomic E-state index is 11.8. The molecule has 1 aromatic rings. The predicted molar refractivity (Wildman–Crippen MR) is 98.6 cm³/mol. The van der Waals surface area contributed by atoms with Crippen molar-refractivity contribution in [3.8, 4) is 17.2 Å². The number of nitrogens with one attached hydrogen (secondary N) is 1. The van der Waals surface area contributed by atoms with Crippen LogP contribution in [0.3, 0.4) is 0 Å². The van der Waals surface area contributed by atoms with Crippen LogP contribution in [-0.4, -0.2) is 102 Å². The van der Waals surface area contributed by atoms with Crippen LogP contribution in [0.4, 0.5) is 5.69 Å². The van der Waals surface area contributed by atoms with Gasteiger partial charge >= 0.3 is 0 Å². The molecular formula is C16H25N3O13. The Morgan fingerprint density at radius 3 is 1.84 bits per heavy atom. The second kappa shape index (κ2) is 7.33. The molecule has 0 bridgehead atoms. The number of hydrogen-bond acceptors (Lipinski definition) is 15. The molecule has 1 amide bonds. The first-order chi connectivity index (χ1) is 14.1. The molecule has 0 aromatic heterocycles. The van der Waals surface area contributed by atoms with Gasteiger partial charge in [-0.15, -0.1) is 0 Å². The molecule has 182 valence electrons. The zero-order chi connectivity index (χ0) is 25.2. The van der Waals surface area contributed by atoms with Crippen molar-refractivity contribution >= 4 is 11.6 Å². The van der Waals surface area contributed by atoms with E-state index in [4.69, 9.17) is 5.73 Å². The Morgan fingerprint density at radius 1 is 0.906 bits per heavy atom. The normalized spacial score (nSPS) is 18.5.